The Morgan fingerprint density at radius 3 is 2.37 bits per heavy atom. The molecule has 1 aliphatic heterocycles. The summed E-state index contributed by atoms with van der Waals surface area (Å²) < 4.78 is 4.82. The van der Waals surface area contributed by atoms with Gasteiger partial charge in [-0.3, -0.25) is 14.5 Å². The van der Waals surface area contributed by atoms with Gasteiger partial charge in [0.25, 0.3) is 5.91 Å². The van der Waals surface area contributed by atoms with Crippen molar-refractivity contribution >= 4 is 34.2 Å². The molecule has 1 fully saturated rings. The summed E-state index contributed by atoms with van der Waals surface area (Å²) in [6, 6.07) is 21.4. The van der Waals surface area contributed by atoms with Gasteiger partial charge in [0.2, 0.25) is 0 Å². The molecule has 1 amide bonds. The molecule has 0 bridgehead atoms. The number of likely N-dealkylation sites (N-methyl/N-ethyl adjacent to an activating group) is 1. The van der Waals surface area contributed by atoms with Crippen molar-refractivity contribution in [3.05, 3.63) is 95.1 Å². The molecule has 2 heterocycles. The van der Waals surface area contributed by atoms with Crippen molar-refractivity contribution in [2.45, 2.75) is 0 Å². The number of hydroxylamine groups is 1. The Bertz CT molecular complexity index is 1540. The SMILES string of the molecule is COC(=O)c1ccc2c(C(=Nc3ccc(C(=O)NOCCN4CCN(C)CC4)cc3)c3ccccc3)c(O)[nH]c2c1. The number of H-pyrrole nitrogens is 1. The Labute approximate surface area is 238 Å². The number of esters is 1. The van der Waals surface area contributed by atoms with Crippen molar-refractivity contribution in [3.8, 4) is 5.88 Å². The quantitative estimate of drug-likeness (QED) is 0.125. The molecule has 0 saturated carbocycles. The predicted molar refractivity (Wildman–Crippen MR) is 157 cm³/mol. The zero-order chi connectivity index (χ0) is 28.8. The van der Waals surface area contributed by atoms with Gasteiger partial charge in [-0.05, 0) is 43.4 Å². The number of aromatic nitrogens is 1. The van der Waals surface area contributed by atoms with Crippen molar-refractivity contribution in [3.63, 3.8) is 0 Å². The molecule has 1 aliphatic rings. The molecule has 1 aromatic heterocycles. The van der Waals surface area contributed by atoms with Gasteiger partial charge in [-0.2, -0.15) is 0 Å². The lowest BCUT2D eigenvalue weighted by atomic mass is 10.00. The summed E-state index contributed by atoms with van der Waals surface area (Å²) in [5.74, 6) is -0.878. The fourth-order valence-electron chi connectivity index (χ4n) is 4.77. The molecule has 1 saturated heterocycles. The molecule has 0 radical (unpaired) electrons. The van der Waals surface area contributed by atoms with Gasteiger partial charge in [0, 0.05) is 54.8 Å². The molecule has 10 heteroatoms. The molecule has 0 atom stereocenters. The summed E-state index contributed by atoms with van der Waals surface area (Å²) in [5.41, 5.74) is 6.31. The molecule has 41 heavy (non-hydrogen) atoms. The van der Waals surface area contributed by atoms with Crippen molar-refractivity contribution in [2.75, 3.05) is 53.5 Å². The summed E-state index contributed by atoms with van der Waals surface area (Å²) in [7, 11) is 3.43. The van der Waals surface area contributed by atoms with Crippen LogP contribution >= 0.6 is 0 Å². The highest BCUT2D eigenvalue weighted by atomic mass is 16.7. The van der Waals surface area contributed by atoms with Crippen LogP contribution in [0.5, 0.6) is 5.88 Å². The second-order valence-electron chi connectivity index (χ2n) is 9.90. The number of nitrogens with zero attached hydrogens (tertiary/aromatic N) is 3. The summed E-state index contributed by atoms with van der Waals surface area (Å²) in [6.07, 6.45) is 0. The average Bonchev–Trinajstić information content (AvgIpc) is 3.33. The summed E-state index contributed by atoms with van der Waals surface area (Å²) in [5, 5.41) is 11.6. The van der Waals surface area contributed by atoms with Crippen LogP contribution in [-0.4, -0.2) is 91.0 Å². The number of fused-ring (bicyclic) bond motifs is 1. The number of aliphatic imine (C=N–C) groups is 1. The Balaban J connectivity index is 1.34. The van der Waals surface area contributed by atoms with Gasteiger partial charge in [0.05, 0.1) is 36.2 Å². The van der Waals surface area contributed by atoms with Gasteiger partial charge < -0.3 is 19.7 Å². The first-order valence-electron chi connectivity index (χ1n) is 13.4. The highest BCUT2D eigenvalue weighted by Crippen LogP contribution is 2.32. The molecule has 10 nitrogen and oxygen atoms in total. The number of nitrogens with one attached hydrogen (secondary N) is 2. The summed E-state index contributed by atoms with van der Waals surface area (Å²) in [6.45, 7) is 5.21. The molecular formula is C31H33N5O5. The van der Waals surface area contributed by atoms with E-state index in [1.165, 1.54) is 7.11 Å². The lowest BCUT2D eigenvalue weighted by molar-refractivity contribution is 0.0177. The van der Waals surface area contributed by atoms with Crippen LogP contribution in [0.1, 0.15) is 31.8 Å². The van der Waals surface area contributed by atoms with Crippen LogP contribution < -0.4 is 5.48 Å². The number of rotatable bonds is 9. The fourth-order valence-corrected chi connectivity index (χ4v) is 4.77. The lowest BCUT2D eigenvalue weighted by Gasteiger charge is -2.32. The number of benzene rings is 3. The number of amides is 1. The second kappa shape index (κ2) is 12.8. The van der Waals surface area contributed by atoms with Crippen molar-refractivity contribution in [2.24, 2.45) is 4.99 Å². The molecule has 0 aliphatic carbocycles. The van der Waals surface area contributed by atoms with Gasteiger partial charge in [0.15, 0.2) is 5.88 Å². The van der Waals surface area contributed by atoms with E-state index in [0.717, 1.165) is 38.3 Å². The first-order chi connectivity index (χ1) is 19.9. The standard InChI is InChI=1S/C31H33N5O5/c1-35-14-16-36(17-15-35)18-19-41-34-29(37)22-8-11-24(12-9-22)32-28(21-6-4-3-5-7-21)27-25-13-10-23(31(39)40-2)20-26(25)33-30(27)38/h3-13,20,33,38H,14-19H2,1-2H3,(H,34,37). The number of piperazine rings is 1. The number of methoxy groups -OCH3 is 1. The van der Waals surface area contributed by atoms with Crippen LogP contribution in [0, 0.1) is 0 Å². The maximum absolute atomic E-state index is 12.6. The number of ether oxygens (including phenoxy) is 1. The molecular weight excluding hydrogens is 522 g/mol. The van der Waals surface area contributed by atoms with Gasteiger partial charge in [-0.15, -0.1) is 0 Å². The summed E-state index contributed by atoms with van der Waals surface area (Å²) >= 11 is 0. The van der Waals surface area contributed by atoms with E-state index in [0.29, 0.717) is 45.6 Å². The third kappa shape index (κ3) is 6.63. The number of hydrogen-bond donors (Lipinski definition) is 3. The van der Waals surface area contributed by atoms with E-state index in [1.807, 2.05) is 30.3 Å². The molecule has 212 valence electrons. The van der Waals surface area contributed by atoms with E-state index in [9.17, 15) is 14.7 Å². The van der Waals surface area contributed by atoms with Crippen LogP contribution in [0.25, 0.3) is 10.9 Å². The maximum atomic E-state index is 12.6. The highest BCUT2D eigenvalue weighted by molar-refractivity contribution is 6.22. The van der Waals surface area contributed by atoms with Crippen LogP contribution in [0.3, 0.4) is 0 Å². The monoisotopic (exact) mass is 555 g/mol. The number of aromatic amines is 1. The average molecular weight is 556 g/mol. The van der Waals surface area contributed by atoms with Crippen LogP contribution in [0.2, 0.25) is 0 Å². The Hall–Kier alpha value is -4.51. The Morgan fingerprint density at radius 2 is 1.66 bits per heavy atom. The largest absolute Gasteiger partial charge is 0.494 e. The Morgan fingerprint density at radius 1 is 0.951 bits per heavy atom. The van der Waals surface area contributed by atoms with E-state index < -0.39 is 5.97 Å². The minimum atomic E-state index is -0.468. The maximum Gasteiger partial charge on any atom is 0.337 e. The first-order valence-corrected chi connectivity index (χ1v) is 13.4. The highest BCUT2D eigenvalue weighted by Gasteiger charge is 2.20. The molecule has 0 spiro atoms. The molecule has 4 aromatic rings. The number of carbonyl (C=O) groups excluding carboxylic acids is 2. The molecule has 3 aromatic carbocycles. The van der Waals surface area contributed by atoms with E-state index in [1.54, 1.807) is 42.5 Å². The van der Waals surface area contributed by atoms with Crippen molar-refractivity contribution in [1.82, 2.24) is 20.3 Å². The fraction of sp³-hybridized carbons (Fsp3) is 0.258. The van der Waals surface area contributed by atoms with E-state index in [2.05, 4.69) is 27.3 Å². The number of hydrogen-bond acceptors (Lipinski definition) is 8. The first kappa shape index (κ1) is 28.0. The van der Waals surface area contributed by atoms with Crippen molar-refractivity contribution < 1.29 is 24.3 Å². The third-order valence-electron chi connectivity index (χ3n) is 7.12. The van der Waals surface area contributed by atoms with Gasteiger partial charge >= 0.3 is 5.97 Å². The van der Waals surface area contributed by atoms with Crippen LogP contribution in [-0.2, 0) is 9.57 Å². The normalized spacial score (nSPS) is 14.7. The van der Waals surface area contributed by atoms with Crippen LogP contribution in [0.4, 0.5) is 5.69 Å². The molecule has 5 rings (SSSR count). The second-order valence-corrected chi connectivity index (χ2v) is 9.90. The number of carbonyl (C=O) groups is 2. The van der Waals surface area contributed by atoms with E-state index in [4.69, 9.17) is 14.6 Å². The van der Waals surface area contributed by atoms with Crippen LogP contribution in [0.15, 0.2) is 77.8 Å². The molecule has 3 N–H and O–H groups in total. The topological polar surface area (TPSA) is 119 Å². The van der Waals surface area contributed by atoms with Gasteiger partial charge in [-0.25, -0.2) is 15.3 Å². The zero-order valence-corrected chi connectivity index (χ0v) is 23.1. The lowest BCUT2D eigenvalue weighted by Crippen LogP contribution is -2.45. The van der Waals surface area contributed by atoms with Gasteiger partial charge in [-0.1, -0.05) is 36.4 Å². The van der Waals surface area contributed by atoms with E-state index >= 15 is 0 Å². The third-order valence-corrected chi connectivity index (χ3v) is 7.12. The summed E-state index contributed by atoms with van der Waals surface area (Å²) in [4.78, 5) is 42.5. The number of aromatic hydroxyl groups is 1. The van der Waals surface area contributed by atoms with Gasteiger partial charge in [0.1, 0.15) is 0 Å². The minimum absolute atomic E-state index is 0.0747. The Kier molecular flexibility index (Phi) is 8.73. The predicted octanol–water partition coefficient (Wildman–Crippen LogP) is 3.74. The van der Waals surface area contributed by atoms with E-state index in [-0.39, 0.29) is 11.8 Å². The zero-order valence-electron chi connectivity index (χ0n) is 23.1. The van der Waals surface area contributed by atoms with Crippen molar-refractivity contribution in [1.29, 1.82) is 0 Å². The minimum Gasteiger partial charge on any atom is -0.494 e. The molecule has 0 unspecified atom stereocenters. The smallest absolute Gasteiger partial charge is 0.337 e.